The molecule has 0 bridgehead atoms. The van der Waals surface area contributed by atoms with Crippen molar-refractivity contribution >= 4 is 5.91 Å². The summed E-state index contributed by atoms with van der Waals surface area (Å²) < 4.78 is 5.31. The minimum atomic E-state index is 0.152. The molecule has 0 aliphatic carbocycles. The lowest BCUT2D eigenvalue weighted by molar-refractivity contribution is -0.123. The molecule has 0 aromatic carbocycles. The van der Waals surface area contributed by atoms with Crippen molar-refractivity contribution in [1.29, 1.82) is 0 Å². The number of carbonyl (C=O) groups is 1. The van der Waals surface area contributed by atoms with Crippen LogP contribution in [0.4, 0.5) is 0 Å². The number of carbonyl (C=O) groups excluding carboxylic acids is 1. The molecule has 2 aliphatic rings. The molecule has 0 spiro atoms. The van der Waals surface area contributed by atoms with E-state index in [-0.39, 0.29) is 12.5 Å². The molecule has 0 unspecified atom stereocenters. The summed E-state index contributed by atoms with van der Waals surface area (Å²) in [5.74, 6) is 0.152. The van der Waals surface area contributed by atoms with Crippen LogP contribution in [0.15, 0.2) is 0 Å². The van der Waals surface area contributed by atoms with Gasteiger partial charge in [-0.2, -0.15) is 0 Å². The Balaban J connectivity index is 1.63. The number of rotatable bonds is 7. The average molecular weight is 313 g/mol. The Kier molecular flexibility index (Phi) is 7.59. The summed E-state index contributed by atoms with van der Waals surface area (Å²) in [4.78, 5) is 16.7. The number of amides is 1. The molecule has 2 saturated heterocycles. The van der Waals surface area contributed by atoms with E-state index in [0.717, 1.165) is 65.0 Å². The van der Waals surface area contributed by atoms with E-state index in [2.05, 4.69) is 22.2 Å². The van der Waals surface area contributed by atoms with Crippen LogP contribution in [0.3, 0.4) is 0 Å². The smallest absolute Gasteiger partial charge is 0.234 e. The van der Waals surface area contributed by atoms with E-state index in [0.29, 0.717) is 18.6 Å². The maximum absolute atomic E-state index is 12.1. The second-order valence-electron chi connectivity index (χ2n) is 6.52. The van der Waals surface area contributed by atoms with Crippen LogP contribution in [0.2, 0.25) is 0 Å². The lowest BCUT2D eigenvalue weighted by Crippen LogP contribution is -2.48. The highest BCUT2D eigenvalue weighted by atomic mass is 16.5. The van der Waals surface area contributed by atoms with Crippen molar-refractivity contribution in [2.75, 3.05) is 53.0 Å². The minimum Gasteiger partial charge on any atom is -0.396 e. The molecule has 128 valence electrons. The first-order chi connectivity index (χ1) is 10.7. The van der Waals surface area contributed by atoms with Crippen molar-refractivity contribution in [3.05, 3.63) is 0 Å². The molecule has 2 N–H and O–H groups in total. The normalized spacial score (nSPS) is 22.1. The molecule has 1 amide bonds. The zero-order chi connectivity index (χ0) is 15.8. The molecule has 2 rings (SSSR count). The Morgan fingerprint density at radius 1 is 1.27 bits per heavy atom. The van der Waals surface area contributed by atoms with Crippen LogP contribution in [-0.2, 0) is 9.53 Å². The highest BCUT2D eigenvalue weighted by Crippen LogP contribution is 2.15. The number of hydrogen-bond acceptors (Lipinski definition) is 5. The number of ether oxygens (including phenoxy) is 1. The maximum atomic E-state index is 12.1. The lowest BCUT2D eigenvalue weighted by atomic mass is 10.0. The SMILES string of the molecule is CN(CCCO)C1CCN(CC(=O)NC2CCOCC2)CC1. The molecular weight excluding hydrogens is 282 g/mol. The third-order valence-corrected chi connectivity index (χ3v) is 4.80. The molecule has 0 radical (unpaired) electrons. The molecule has 2 aliphatic heterocycles. The van der Waals surface area contributed by atoms with Gasteiger partial charge in [0.1, 0.15) is 0 Å². The second-order valence-corrected chi connectivity index (χ2v) is 6.52. The van der Waals surface area contributed by atoms with Gasteiger partial charge in [-0.25, -0.2) is 0 Å². The van der Waals surface area contributed by atoms with Gasteiger partial charge in [-0.05, 0) is 39.2 Å². The molecule has 2 heterocycles. The van der Waals surface area contributed by atoms with E-state index < -0.39 is 0 Å². The first kappa shape index (κ1) is 17.7. The number of likely N-dealkylation sites (tertiary alicyclic amines) is 1. The predicted molar refractivity (Wildman–Crippen MR) is 85.8 cm³/mol. The molecule has 22 heavy (non-hydrogen) atoms. The number of piperidine rings is 1. The standard InChI is InChI=1S/C16H31N3O3/c1-18(7-2-10-20)15-3-8-19(9-4-15)13-16(21)17-14-5-11-22-12-6-14/h14-15,20H,2-13H2,1H3,(H,17,21). The Morgan fingerprint density at radius 3 is 2.59 bits per heavy atom. The van der Waals surface area contributed by atoms with Gasteiger partial charge in [-0.15, -0.1) is 0 Å². The van der Waals surface area contributed by atoms with Gasteiger partial charge in [0.2, 0.25) is 5.91 Å². The van der Waals surface area contributed by atoms with E-state index in [1.807, 2.05) is 0 Å². The van der Waals surface area contributed by atoms with E-state index in [4.69, 9.17) is 9.84 Å². The lowest BCUT2D eigenvalue weighted by Gasteiger charge is -2.36. The predicted octanol–water partition coefficient (Wildman–Crippen LogP) is 0.0602. The van der Waals surface area contributed by atoms with Crippen molar-refractivity contribution in [2.24, 2.45) is 0 Å². The van der Waals surface area contributed by atoms with Crippen LogP contribution in [-0.4, -0.2) is 85.9 Å². The molecule has 0 aromatic heterocycles. The fourth-order valence-corrected chi connectivity index (χ4v) is 3.34. The number of nitrogens with one attached hydrogen (secondary N) is 1. The van der Waals surface area contributed by atoms with Crippen LogP contribution in [0.25, 0.3) is 0 Å². The third kappa shape index (κ3) is 5.83. The summed E-state index contributed by atoms with van der Waals surface area (Å²) in [5.41, 5.74) is 0. The van der Waals surface area contributed by atoms with E-state index in [1.165, 1.54) is 0 Å². The van der Waals surface area contributed by atoms with Crippen molar-refractivity contribution in [3.8, 4) is 0 Å². The quantitative estimate of drug-likeness (QED) is 0.696. The highest BCUT2D eigenvalue weighted by molar-refractivity contribution is 5.78. The second kappa shape index (κ2) is 9.45. The van der Waals surface area contributed by atoms with Gasteiger partial charge in [0, 0.05) is 51.5 Å². The van der Waals surface area contributed by atoms with Crippen molar-refractivity contribution in [1.82, 2.24) is 15.1 Å². The molecule has 2 fully saturated rings. The van der Waals surface area contributed by atoms with Crippen LogP contribution in [0.5, 0.6) is 0 Å². The van der Waals surface area contributed by atoms with Gasteiger partial charge < -0.3 is 20.1 Å². The summed E-state index contributed by atoms with van der Waals surface area (Å²) in [5, 5.41) is 12.0. The summed E-state index contributed by atoms with van der Waals surface area (Å²) >= 11 is 0. The number of aliphatic hydroxyl groups excluding tert-OH is 1. The Bertz CT molecular complexity index is 327. The average Bonchev–Trinajstić information content (AvgIpc) is 2.54. The first-order valence-corrected chi connectivity index (χ1v) is 8.59. The number of aliphatic hydroxyl groups is 1. The molecule has 6 nitrogen and oxygen atoms in total. The molecule has 0 aromatic rings. The van der Waals surface area contributed by atoms with Crippen molar-refractivity contribution in [2.45, 2.75) is 44.2 Å². The van der Waals surface area contributed by atoms with Crippen molar-refractivity contribution < 1.29 is 14.6 Å². The topological polar surface area (TPSA) is 65.0 Å². The monoisotopic (exact) mass is 313 g/mol. The first-order valence-electron chi connectivity index (χ1n) is 8.59. The number of hydrogen-bond donors (Lipinski definition) is 2. The summed E-state index contributed by atoms with van der Waals surface area (Å²) in [7, 11) is 2.13. The molecule has 0 saturated carbocycles. The van der Waals surface area contributed by atoms with Gasteiger partial charge in [0.05, 0.1) is 6.54 Å². The summed E-state index contributed by atoms with van der Waals surface area (Å²) in [6.07, 6.45) is 4.91. The zero-order valence-corrected chi connectivity index (χ0v) is 13.8. The third-order valence-electron chi connectivity index (χ3n) is 4.80. The van der Waals surface area contributed by atoms with Crippen LogP contribution >= 0.6 is 0 Å². The van der Waals surface area contributed by atoms with Crippen LogP contribution in [0.1, 0.15) is 32.1 Å². The van der Waals surface area contributed by atoms with Gasteiger partial charge in [-0.1, -0.05) is 0 Å². The largest absolute Gasteiger partial charge is 0.396 e. The van der Waals surface area contributed by atoms with Crippen LogP contribution in [0, 0.1) is 0 Å². The Hall–Kier alpha value is -0.690. The molecular formula is C16H31N3O3. The van der Waals surface area contributed by atoms with E-state index in [1.54, 1.807) is 0 Å². The summed E-state index contributed by atoms with van der Waals surface area (Å²) in [6.45, 7) is 5.21. The highest BCUT2D eigenvalue weighted by Gasteiger charge is 2.24. The Morgan fingerprint density at radius 2 is 1.95 bits per heavy atom. The van der Waals surface area contributed by atoms with Gasteiger partial charge in [-0.3, -0.25) is 9.69 Å². The summed E-state index contributed by atoms with van der Waals surface area (Å²) in [6, 6.07) is 0.879. The zero-order valence-electron chi connectivity index (χ0n) is 13.8. The maximum Gasteiger partial charge on any atom is 0.234 e. The Labute approximate surface area is 133 Å². The van der Waals surface area contributed by atoms with E-state index >= 15 is 0 Å². The van der Waals surface area contributed by atoms with Crippen molar-refractivity contribution in [3.63, 3.8) is 0 Å². The fraction of sp³-hybridized carbons (Fsp3) is 0.938. The van der Waals surface area contributed by atoms with Crippen LogP contribution < -0.4 is 5.32 Å². The van der Waals surface area contributed by atoms with Gasteiger partial charge in [0.15, 0.2) is 0 Å². The molecule has 6 heteroatoms. The van der Waals surface area contributed by atoms with Gasteiger partial charge in [0.25, 0.3) is 0 Å². The van der Waals surface area contributed by atoms with E-state index in [9.17, 15) is 4.79 Å². The minimum absolute atomic E-state index is 0.152. The fourth-order valence-electron chi connectivity index (χ4n) is 3.34. The molecule has 0 atom stereocenters. The van der Waals surface area contributed by atoms with Gasteiger partial charge >= 0.3 is 0 Å². The number of nitrogens with zero attached hydrogens (tertiary/aromatic N) is 2.